The van der Waals surface area contributed by atoms with E-state index in [-0.39, 0.29) is 13.0 Å². The van der Waals surface area contributed by atoms with E-state index in [0.29, 0.717) is 11.1 Å². The first-order valence-corrected chi connectivity index (χ1v) is 11.2. The first kappa shape index (κ1) is 23.6. The number of aliphatic hydroxyl groups excluding tert-OH is 2. The second-order valence-corrected chi connectivity index (χ2v) is 10.7. The van der Waals surface area contributed by atoms with Gasteiger partial charge in [0.25, 0.3) is 0 Å². The summed E-state index contributed by atoms with van der Waals surface area (Å²) in [6.45, 7) is 9.57. The lowest BCUT2D eigenvalue weighted by Crippen LogP contribution is -2.66. The highest BCUT2D eigenvalue weighted by molar-refractivity contribution is 6.04. The van der Waals surface area contributed by atoms with Crippen molar-refractivity contribution in [1.29, 1.82) is 0 Å². The topological polar surface area (TPSA) is 134 Å². The average Bonchev–Trinajstić information content (AvgIpc) is 3.10. The van der Waals surface area contributed by atoms with Gasteiger partial charge in [-0.05, 0) is 25.0 Å². The standard InChI is InChI=1S/C24H34O8/c1-11-7-17-22(29,19(11)28)9-15(10-25)8-16-18-21(5,6)24(18,32-14(4)27)20(31-13(3)26)12(2)23(16,17)30/h7-8,12-13,16-18,20,25-26,29-30H,9-10H2,1-6H3/t12-,13?,16+,17-,18-,20-,22-,23-,24-/m1/s1. The number of fused-ring (bicyclic) bond motifs is 5. The summed E-state index contributed by atoms with van der Waals surface area (Å²) in [5.74, 6) is -3.70. The van der Waals surface area contributed by atoms with Crippen LogP contribution in [-0.2, 0) is 19.1 Å². The van der Waals surface area contributed by atoms with E-state index in [9.17, 15) is 30.0 Å². The molecule has 2 saturated carbocycles. The van der Waals surface area contributed by atoms with Crippen LogP contribution in [-0.4, -0.2) is 68.0 Å². The molecule has 0 bridgehead atoms. The number of carbonyl (C=O) groups excluding carboxylic acids is 2. The van der Waals surface area contributed by atoms with Crippen molar-refractivity contribution in [2.45, 2.75) is 77.2 Å². The maximum atomic E-state index is 13.0. The molecule has 0 aromatic heterocycles. The Kier molecular flexibility index (Phi) is 5.13. The predicted molar refractivity (Wildman–Crippen MR) is 113 cm³/mol. The number of hydrogen-bond donors (Lipinski definition) is 4. The summed E-state index contributed by atoms with van der Waals surface area (Å²) in [5.41, 5.74) is -4.49. The van der Waals surface area contributed by atoms with Gasteiger partial charge in [0, 0.05) is 42.4 Å². The number of esters is 1. The lowest BCUT2D eigenvalue weighted by Gasteiger charge is -2.53. The van der Waals surface area contributed by atoms with Crippen molar-refractivity contribution in [3.8, 4) is 0 Å². The molecule has 8 nitrogen and oxygen atoms in total. The first-order chi connectivity index (χ1) is 14.7. The van der Waals surface area contributed by atoms with Crippen LogP contribution in [0, 0.1) is 29.1 Å². The average molecular weight is 451 g/mol. The number of ether oxygens (including phenoxy) is 2. The summed E-state index contributed by atoms with van der Waals surface area (Å²) in [6.07, 6.45) is 1.20. The van der Waals surface area contributed by atoms with E-state index in [1.165, 1.54) is 13.8 Å². The quantitative estimate of drug-likeness (QED) is 0.282. The van der Waals surface area contributed by atoms with Gasteiger partial charge in [-0.2, -0.15) is 0 Å². The molecule has 4 N–H and O–H groups in total. The highest BCUT2D eigenvalue weighted by atomic mass is 16.6. The Balaban J connectivity index is 1.96. The van der Waals surface area contributed by atoms with Crippen LogP contribution in [0.15, 0.2) is 23.3 Å². The van der Waals surface area contributed by atoms with Gasteiger partial charge in [0.2, 0.25) is 0 Å². The van der Waals surface area contributed by atoms with Gasteiger partial charge >= 0.3 is 5.97 Å². The molecule has 9 atom stereocenters. The fourth-order valence-electron chi connectivity index (χ4n) is 7.30. The molecule has 8 heteroatoms. The second kappa shape index (κ2) is 6.96. The van der Waals surface area contributed by atoms with Gasteiger partial charge in [0.05, 0.1) is 12.2 Å². The molecule has 4 rings (SSSR count). The third-order valence-corrected chi connectivity index (χ3v) is 8.61. The van der Waals surface area contributed by atoms with Crippen molar-refractivity contribution < 1.29 is 39.5 Å². The van der Waals surface area contributed by atoms with Crippen molar-refractivity contribution in [3.05, 3.63) is 23.3 Å². The second-order valence-electron chi connectivity index (χ2n) is 10.7. The molecule has 178 valence electrons. The Morgan fingerprint density at radius 2 is 1.91 bits per heavy atom. The monoisotopic (exact) mass is 450 g/mol. The molecule has 0 radical (unpaired) electrons. The fraction of sp³-hybridized carbons (Fsp3) is 0.750. The minimum absolute atomic E-state index is 0.0952. The van der Waals surface area contributed by atoms with Crippen LogP contribution in [0.3, 0.4) is 0 Å². The molecule has 0 saturated heterocycles. The van der Waals surface area contributed by atoms with E-state index in [1.54, 1.807) is 26.0 Å². The zero-order valence-electron chi connectivity index (χ0n) is 19.5. The van der Waals surface area contributed by atoms with Crippen LogP contribution >= 0.6 is 0 Å². The maximum Gasteiger partial charge on any atom is 0.303 e. The van der Waals surface area contributed by atoms with E-state index < -0.39 is 70.0 Å². The van der Waals surface area contributed by atoms with E-state index in [2.05, 4.69) is 0 Å². The third kappa shape index (κ3) is 2.67. The number of ketones is 1. The Labute approximate surface area is 187 Å². The Hall–Kier alpha value is -1.58. The number of rotatable bonds is 4. The molecule has 32 heavy (non-hydrogen) atoms. The van der Waals surface area contributed by atoms with Gasteiger partial charge in [-0.25, -0.2) is 0 Å². The van der Waals surface area contributed by atoms with Gasteiger partial charge in [-0.1, -0.05) is 32.9 Å². The van der Waals surface area contributed by atoms with Crippen LogP contribution in [0.1, 0.15) is 48.0 Å². The summed E-state index contributed by atoms with van der Waals surface area (Å²) in [5, 5.41) is 44.1. The number of Topliss-reactive ketones (excluding diaryl/α,β-unsaturated/α-hetero) is 1. The molecule has 0 amide bonds. The molecule has 0 aliphatic heterocycles. The van der Waals surface area contributed by atoms with E-state index in [4.69, 9.17) is 9.47 Å². The summed E-state index contributed by atoms with van der Waals surface area (Å²) in [4.78, 5) is 25.2. The number of hydrogen-bond acceptors (Lipinski definition) is 8. The summed E-state index contributed by atoms with van der Waals surface area (Å²) in [7, 11) is 0. The van der Waals surface area contributed by atoms with Gasteiger partial charge in [0.15, 0.2) is 12.1 Å². The van der Waals surface area contributed by atoms with E-state index in [0.717, 1.165) is 0 Å². The fourth-order valence-corrected chi connectivity index (χ4v) is 7.30. The van der Waals surface area contributed by atoms with E-state index in [1.807, 2.05) is 13.8 Å². The van der Waals surface area contributed by atoms with Crippen LogP contribution in [0.4, 0.5) is 0 Å². The first-order valence-electron chi connectivity index (χ1n) is 11.2. The smallest absolute Gasteiger partial charge is 0.303 e. The highest BCUT2D eigenvalue weighted by Crippen LogP contribution is 2.77. The Morgan fingerprint density at radius 3 is 2.44 bits per heavy atom. The van der Waals surface area contributed by atoms with Crippen molar-refractivity contribution in [3.63, 3.8) is 0 Å². The lowest BCUT2D eigenvalue weighted by atomic mass is 9.59. The van der Waals surface area contributed by atoms with Crippen LogP contribution in [0.2, 0.25) is 0 Å². The van der Waals surface area contributed by atoms with Crippen LogP contribution in [0.5, 0.6) is 0 Å². The molecule has 2 fully saturated rings. The van der Waals surface area contributed by atoms with E-state index >= 15 is 0 Å². The van der Waals surface area contributed by atoms with Crippen LogP contribution < -0.4 is 0 Å². The molecule has 1 unspecified atom stereocenters. The predicted octanol–water partition coefficient (Wildman–Crippen LogP) is 0.863. The molecule has 0 aromatic rings. The maximum absolute atomic E-state index is 13.0. The zero-order chi connectivity index (χ0) is 24.0. The Bertz CT molecular complexity index is 919. The van der Waals surface area contributed by atoms with Crippen molar-refractivity contribution in [1.82, 2.24) is 0 Å². The molecule has 0 heterocycles. The zero-order valence-corrected chi connectivity index (χ0v) is 19.5. The Morgan fingerprint density at radius 1 is 1.28 bits per heavy atom. The van der Waals surface area contributed by atoms with Gasteiger partial charge < -0.3 is 29.9 Å². The SMILES string of the molecule is CC(=O)O[C@@]12[C@H](OC(C)O)[C@@H](C)[C@@]3(O)[C@@H](C=C(CO)C[C@]4(O)C(=O)C(C)=C[C@@H]34)[C@@H]1C2(C)C. The lowest BCUT2D eigenvalue weighted by molar-refractivity contribution is -0.257. The highest BCUT2D eigenvalue weighted by Gasteiger charge is 2.87. The molecule has 0 spiro atoms. The molecular formula is C24H34O8. The molecular weight excluding hydrogens is 416 g/mol. The molecule has 0 aromatic carbocycles. The number of carbonyl (C=O) groups is 2. The van der Waals surface area contributed by atoms with Crippen molar-refractivity contribution in [2.75, 3.05) is 6.61 Å². The normalized spacial score (nSPS) is 47.3. The van der Waals surface area contributed by atoms with Gasteiger partial charge in [-0.15, -0.1) is 0 Å². The number of aliphatic hydroxyl groups is 4. The largest absolute Gasteiger partial charge is 0.456 e. The minimum atomic E-state index is -1.90. The molecule has 4 aliphatic rings. The van der Waals surface area contributed by atoms with Gasteiger partial charge in [-0.3, -0.25) is 9.59 Å². The summed E-state index contributed by atoms with van der Waals surface area (Å²) in [6, 6.07) is 0. The van der Waals surface area contributed by atoms with Crippen molar-refractivity contribution >= 4 is 11.8 Å². The van der Waals surface area contributed by atoms with Crippen LogP contribution in [0.25, 0.3) is 0 Å². The molecule has 4 aliphatic carbocycles. The summed E-state index contributed by atoms with van der Waals surface area (Å²) >= 11 is 0. The third-order valence-electron chi connectivity index (χ3n) is 8.61. The van der Waals surface area contributed by atoms with Gasteiger partial charge in [0.1, 0.15) is 17.3 Å². The summed E-state index contributed by atoms with van der Waals surface area (Å²) < 4.78 is 11.8. The minimum Gasteiger partial charge on any atom is -0.456 e. The van der Waals surface area contributed by atoms with Crippen molar-refractivity contribution in [2.24, 2.45) is 29.1 Å².